The van der Waals surface area contributed by atoms with Crippen LogP contribution in [0.25, 0.3) is 0 Å². The van der Waals surface area contributed by atoms with Crippen LogP contribution in [0.2, 0.25) is 5.02 Å². The number of ether oxygens (including phenoxy) is 2. The number of nitrogens with one attached hydrogen (secondary N) is 1. The summed E-state index contributed by atoms with van der Waals surface area (Å²) in [6.45, 7) is 4.64. The van der Waals surface area contributed by atoms with E-state index in [9.17, 15) is 0 Å². The Balaban J connectivity index is 1.97. The van der Waals surface area contributed by atoms with Crippen molar-refractivity contribution in [1.82, 2.24) is 5.32 Å². The number of hydrogen-bond acceptors (Lipinski definition) is 3. The van der Waals surface area contributed by atoms with Crippen molar-refractivity contribution in [1.29, 1.82) is 0 Å². The molecule has 2 atom stereocenters. The average Bonchev–Trinajstić information content (AvgIpc) is 3.05. The molecular formula is C15H20ClNO2. The maximum absolute atomic E-state index is 6.26. The Morgan fingerprint density at radius 1 is 1.42 bits per heavy atom. The predicted molar refractivity (Wildman–Crippen MR) is 76.0 cm³/mol. The lowest BCUT2D eigenvalue weighted by atomic mass is 9.96. The maximum Gasteiger partial charge on any atom is 0.127 e. The van der Waals surface area contributed by atoms with Gasteiger partial charge in [0.2, 0.25) is 0 Å². The van der Waals surface area contributed by atoms with Crippen LogP contribution < -0.4 is 10.1 Å². The van der Waals surface area contributed by atoms with Gasteiger partial charge in [-0.3, -0.25) is 0 Å². The van der Waals surface area contributed by atoms with Gasteiger partial charge in [-0.1, -0.05) is 18.5 Å². The third-order valence-corrected chi connectivity index (χ3v) is 4.09. The lowest BCUT2D eigenvalue weighted by Crippen LogP contribution is -2.31. The third-order valence-electron chi connectivity index (χ3n) is 3.87. The number of halogens is 1. The maximum atomic E-state index is 6.26. The second-order valence-corrected chi connectivity index (χ2v) is 5.60. The van der Waals surface area contributed by atoms with E-state index in [4.69, 9.17) is 21.1 Å². The fraction of sp³-hybridized carbons (Fsp3) is 0.600. The second kappa shape index (κ2) is 5.70. The van der Waals surface area contributed by atoms with Crippen LogP contribution in [0.4, 0.5) is 0 Å². The molecule has 0 saturated carbocycles. The zero-order valence-corrected chi connectivity index (χ0v) is 12.0. The minimum Gasteiger partial charge on any atom is -0.493 e. The van der Waals surface area contributed by atoms with E-state index in [0.29, 0.717) is 0 Å². The molecule has 2 aliphatic heterocycles. The van der Waals surface area contributed by atoms with Gasteiger partial charge in [-0.2, -0.15) is 0 Å². The van der Waals surface area contributed by atoms with Crippen molar-refractivity contribution in [3.8, 4) is 5.75 Å². The van der Waals surface area contributed by atoms with Crippen molar-refractivity contribution in [2.45, 2.75) is 38.3 Å². The molecule has 0 aromatic heterocycles. The Bertz CT molecular complexity index is 458. The minimum absolute atomic E-state index is 0.179. The highest BCUT2D eigenvalue weighted by molar-refractivity contribution is 6.30. The van der Waals surface area contributed by atoms with E-state index in [2.05, 4.69) is 12.2 Å². The molecule has 104 valence electrons. The molecule has 1 aromatic carbocycles. The molecule has 0 amide bonds. The van der Waals surface area contributed by atoms with Gasteiger partial charge >= 0.3 is 0 Å². The summed E-state index contributed by atoms with van der Waals surface area (Å²) in [4.78, 5) is 0. The van der Waals surface area contributed by atoms with Crippen LogP contribution >= 0.6 is 11.6 Å². The standard InChI is InChI=1S/C15H20ClNO2/c1-2-17-14(13-4-3-6-18-13)12-9-11(16)8-10-5-7-19-15(10)12/h8-9,13-14,17H,2-7H2,1H3. The Labute approximate surface area is 119 Å². The normalized spacial score (nSPS) is 23.2. The topological polar surface area (TPSA) is 30.5 Å². The van der Waals surface area contributed by atoms with Gasteiger partial charge in [0.25, 0.3) is 0 Å². The molecule has 2 aliphatic rings. The van der Waals surface area contributed by atoms with Crippen LogP contribution in [0.3, 0.4) is 0 Å². The van der Waals surface area contributed by atoms with Gasteiger partial charge in [0, 0.05) is 23.6 Å². The summed E-state index contributed by atoms with van der Waals surface area (Å²) < 4.78 is 11.7. The van der Waals surface area contributed by atoms with E-state index in [1.807, 2.05) is 12.1 Å². The predicted octanol–water partition coefficient (Wildman–Crippen LogP) is 3.10. The lowest BCUT2D eigenvalue weighted by molar-refractivity contribution is 0.0779. The zero-order valence-electron chi connectivity index (χ0n) is 11.2. The Hall–Kier alpha value is -0.770. The summed E-state index contributed by atoms with van der Waals surface area (Å²) >= 11 is 6.26. The molecule has 2 heterocycles. The first-order valence-electron chi connectivity index (χ1n) is 7.09. The molecule has 0 aliphatic carbocycles. The van der Waals surface area contributed by atoms with E-state index < -0.39 is 0 Å². The van der Waals surface area contributed by atoms with Crippen LogP contribution in [-0.2, 0) is 11.2 Å². The average molecular weight is 282 g/mol. The van der Waals surface area contributed by atoms with Crippen LogP contribution in [0.5, 0.6) is 5.75 Å². The summed E-state index contributed by atoms with van der Waals surface area (Å²) in [5, 5.41) is 4.33. The molecule has 0 spiro atoms. The minimum atomic E-state index is 0.179. The number of benzene rings is 1. The van der Waals surface area contributed by atoms with Gasteiger partial charge in [-0.15, -0.1) is 0 Å². The lowest BCUT2D eigenvalue weighted by Gasteiger charge is -2.26. The highest BCUT2D eigenvalue weighted by Gasteiger charge is 2.31. The molecule has 1 saturated heterocycles. The Morgan fingerprint density at radius 3 is 3.05 bits per heavy atom. The first kappa shape index (κ1) is 13.2. The van der Waals surface area contributed by atoms with Gasteiger partial charge < -0.3 is 14.8 Å². The van der Waals surface area contributed by atoms with Gasteiger partial charge in [-0.05, 0) is 37.1 Å². The molecule has 1 aromatic rings. The highest BCUT2D eigenvalue weighted by Crippen LogP contribution is 2.39. The van der Waals surface area contributed by atoms with E-state index in [0.717, 1.165) is 55.4 Å². The van der Waals surface area contributed by atoms with Crippen molar-refractivity contribution in [2.75, 3.05) is 19.8 Å². The second-order valence-electron chi connectivity index (χ2n) is 5.17. The Morgan fingerprint density at radius 2 is 2.32 bits per heavy atom. The van der Waals surface area contributed by atoms with Crippen LogP contribution in [0, 0.1) is 0 Å². The van der Waals surface area contributed by atoms with Gasteiger partial charge in [0.1, 0.15) is 5.75 Å². The van der Waals surface area contributed by atoms with Crippen molar-refractivity contribution >= 4 is 11.6 Å². The molecule has 1 fully saturated rings. The van der Waals surface area contributed by atoms with Gasteiger partial charge in [0.05, 0.1) is 18.8 Å². The highest BCUT2D eigenvalue weighted by atomic mass is 35.5. The van der Waals surface area contributed by atoms with Crippen LogP contribution in [0.1, 0.15) is 36.9 Å². The molecule has 2 unspecified atom stereocenters. The van der Waals surface area contributed by atoms with Crippen molar-refractivity contribution in [3.05, 3.63) is 28.3 Å². The molecule has 19 heavy (non-hydrogen) atoms. The van der Waals surface area contributed by atoms with E-state index in [1.54, 1.807) is 0 Å². The summed E-state index contributed by atoms with van der Waals surface area (Å²) in [5.74, 6) is 1.02. The van der Waals surface area contributed by atoms with E-state index in [1.165, 1.54) is 5.56 Å². The molecule has 3 nitrogen and oxygen atoms in total. The van der Waals surface area contributed by atoms with Crippen LogP contribution in [-0.4, -0.2) is 25.9 Å². The van der Waals surface area contributed by atoms with Gasteiger partial charge in [0.15, 0.2) is 0 Å². The SMILES string of the molecule is CCNC(c1cc(Cl)cc2c1OCC2)C1CCCO1. The smallest absolute Gasteiger partial charge is 0.127 e. The fourth-order valence-corrected chi connectivity index (χ4v) is 3.31. The Kier molecular flexibility index (Phi) is 3.96. The molecule has 0 bridgehead atoms. The molecule has 3 rings (SSSR count). The fourth-order valence-electron chi connectivity index (χ4n) is 3.06. The number of hydrogen-bond donors (Lipinski definition) is 1. The molecular weight excluding hydrogens is 262 g/mol. The summed E-state index contributed by atoms with van der Waals surface area (Å²) in [7, 11) is 0. The van der Waals surface area contributed by atoms with Crippen molar-refractivity contribution in [2.24, 2.45) is 0 Å². The molecule has 1 N–H and O–H groups in total. The molecule has 4 heteroatoms. The third kappa shape index (κ3) is 2.60. The zero-order chi connectivity index (χ0) is 13.2. The van der Waals surface area contributed by atoms with Crippen molar-refractivity contribution in [3.63, 3.8) is 0 Å². The largest absolute Gasteiger partial charge is 0.493 e. The first-order valence-corrected chi connectivity index (χ1v) is 7.47. The van der Waals surface area contributed by atoms with E-state index >= 15 is 0 Å². The van der Waals surface area contributed by atoms with Crippen LogP contribution in [0.15, 0.2) is 12.1 Å². The monoisotopic (exact) mass is 281 g/mol. The molecule has 0 radical (unpaired) electrons. The summed E-state index contributed by atoms with van der Waals surface area (Å²) in [6.07, 6.45) is 3.41. The summed E-state index contributed by atoms with van der Waals surface area (Å²) in [5.41, 5.74) is 2.39. The number of rotatable bonds is 4. The first-order chi connectivity index (χ1) is 9.29. The van der Waals surface area contributed by atoms with E-state index in [-0.39, 0.29) is 12.1 Å². The quantitative estimate of drug-likeness (QED) is 0.920. The number of likely N-dealkylation sites (N-methyl/N-ethyl adjacent to an activating group) is 1. The van der Waals surface area contributed by atoms with Crippen molar-refractivity contribution < 1.29 is 9.47 Å². The summed E-state index contributed by atoms with van der Waals surface area (Å²) in [6, 6.07) is 4.23. The number of fused-ring (bicyclic) bond motifs is 1. The van der Waals surface area contributed by atoms with Gasteiger partial charge in [-0.25, -0.2) is 0 Å².